The second kappa shape index (κ2) is 16.2. The number of amides is 3. The van der Waals surface area contributed by atoms with E-state index in [0.29, 0.717) is 0 Å². The Morgan fingerprint density at radius 2 is 1.53 bits per heavy atom. The molecule has 2 aromatic rings. The molecule has 2 rings (SSSR count). The van der Waals surface area contributed by atoms with Gasteiger partial charge >= 0.3 is 6.36 Å². The molecule has 3 amide bonds. The summed E-state index contributed by atoms with van der Waals surface area (Å²) in [5.41, 5.74) is -0.454. The molecule has 0 bridgehead atoms. The molecule has 3 atom stereocenters. The Balaban J connectivity index is 2.28. The minimum Gasteiger partial charge on any atom is -0.406 e. The smallest absolute Gasteiger partial charge is 0.406 e. The van der Waals surface area contributed by atoms with Gasteiger partial charge in [-0.25, -0.2) is 13.1 Å². The molecular weight excluding hydrogens is 661 g/mol. The van der Waals surface area contributed by atoms with Crippen LogP contribution in [0.1, 0.15) is 66.5 Å². The van der Waals surface area contributed by atoms with Crippen LogP contribution in [0.5, 0.6) is 5.75 Å². The third-order valence-corrected chi connectivity index (χ3v) is 9.39. The molecule has 0 heterocycles. The predicted octanol–water partition coefficient (Wildman–Crippen LogP) is 5.06. The van der Waals surface area contributed by atoms with E-state index in [-0.39, 0.29) is 23.0 Å². The summed E-state index contributed by atoms with van der Waals surface area (Å²) in [6.07, 6.45) is -3.48. The summed E-state index contributed by atoms with van der Waals surface area (Å²) in [5.74, 6) is -3.36. The third-order valence-electron chi connectivity index (χ3n) is 8.18. The molecule has 0 aliphatic rings. The zero-order chi connectivity index (χ0) is 37.5. The van der Waals surface area contributed by atoms with E-state index in [9.17, 15) is 36.0 Å². The molecule has 14 heteroatoms. The van der Waals surface area contributed by atoms with Crippen molar-refractivity contribution in [3.05, 3.63) is 77.4 Å². The molecule has 0 spiro atoms. The molecule has 49 heavy (non-hydrogen) atoms. The van der Waals surface area contributed by atoms with Crippen molar-refractivity contribution in [2.75, 3.05) is 14.1 Å². The predicted molar refractivity (Wildman–Crippen MR) is 183 cm³/mol. The Morgan fingerprint density at radius 1 is 0.939 bits per heavy atom. The summed E-state index contributed by atoms with van der Waals surface area (Å²) in [7, 11) is -1.10. The lowest BCUT2D eigenvalue weighted by Gasteiger charge is -2.40. The Labute approximate surface area is 287 Å². The van der Waals surface area contributed by atoms with Crippen molar-refractivity contribution in [1.29, 1.82) is 0 Å². The number of carbonyl (C=O) groups excluding carboxylic acids is 3. The Bertz CT molecular complexity index is 1600. The summed E-state index contributed by atoms with van der Waals surface area (Å²) >= 11 is 0. The molecule has 3 N–H and O–H groups in total. The van der Waals surface area contributed by atoms with Crippen LogP contribution in [-0.4, -0.2) is 69.6 Å². The molecule has 10 nitrogen and oxygen atoms in total. The minimum absolute atomic E-state index is 0.00715. The molecule has 0 unspecified atom stereocenters. The number of alkyl halides is 3. The highest BCUT2D eigenvalue weighted by Gasteiger charge is 2.41. The van der Waals surface area contributed by atoms with E-state index < -0.39 is 68.7 Å². The number of nitrogens with zero attached hydrogens (tertiary/aromatic N) is 1. The normalized spacial score (nSPS) is 14.9. The van der Waals surface area contributed by atoms with E-state index in [2.05, 4.69) is 15.4 Å². The summed E-state index contributed by atoms with van der Waals surface area (Å²) in [6.45, 7) is 14.4. The average molecular weight is 711 g/mol. The molecule has 2 aromatic carbocycles. The monoisotopic (exact) mass is 710 g/mol. The first-order valence-corrected chi connectivity index (χ1v) is 17.4. The van der Waals surface area contributed by atoms with Crippen molar-refractivity contribution in [1.82, 2.24) is 20.3 Å². The van der Waals surface area contributed by atoms with Crippen LogP contribution in [0.2, 0.25) is 0 Å². The van der Waals surface area contributed by atoms with E-state index >= 15 is 0 Å². The van der Waals surface area contributed by atoms with Crippen LogP contribution in [0.25, 0.3) is 0 Å². The fraction of sp³-hybridized carbons (Fsp3) is 0.514. The number of halogens is 3. The SMILES string of the molecule is CN[C@H](C(=O)N[C@H](C(=O)N(C)[C@H](/C=C(\C)C(=O)NS(=O)(=O)Cc1cccc(OC(F)(F)F)c1)C(C)C)C(C)(C)C)C(C)(C)c1ccccc1. The van der Waals surface area contributed by atoms with Crippen LogP contribution in [0, 0.1) is 11.3 Å². The molecule has 0 aliphatic heterocycles. The van der Waals surface area contributed by atoms with E-state index in [0.717, 1.165) is 17.7 Å². The van der Waals surface area contributed by atoms with Gasteiger partial charge in [0, 0.05) is 18.0 Å². The molecule has 0 aliphatic carbocycles. The van der Waals surface area contributed by atoms with Gasteiger partial charge in [0.15, 0.2) is 0 Å². The first kappa shape index (κ1) is 41.3. The number of hydrogen-bond acceptors (Lipinski definition) is 7. The Morgan fingerprint density at radius 3 is 2.04 bits per heavy atom. The maximum atomic E-state index is 14.1. The molecule has 0 aromatic heterocycles. The van der Waals surface area contributed by atoms with Crippen molar-refractivity contribution >= 4 is 27.7 Å². The van der Waals surface area contributed by atoms with Gasteiger partial charge in [-0.05, 0) is 48.6 Å². The molecule has 0 saturated carbocycles. The molecule has 0 fully saturated rings. The Hall–Kier alpha value is -3.91. The zero-order valence-electron chi connectivity index (χ0n) is 29.7. The van der Waals surface area contributed by atoms with Crippen LogP contribution < -0.4 is 20.1 Å². The third kappa shape index (κ3) is 11.9. The van der Waals surface area contributed by atoms with E-state index in [1.165, 1.54) is 30.0 Å². The first-order chi connectivity index (χ1) is 22.4. The summed E-state index contributed by atoms with van der Waals surface area (Å²) < 4.78 is 69.1. The van der Waals surface area contributed by atoms with Gasteiger partial charge in [-0.15, -0.1) is 13.2 Å². The highest BCUT2D eigenvalue weighted by atomic mass is 32.2. The van der Waals surface area contributed by atoms with Crippen molar-refractivity contribution in [3.63, 3.8) is 0 Å². The second-order valence-electron chi connectivity index (χ2n) is 14.0. The lowest BCUT2D eigenvalue weighted by atomic mass is 9.76. The highest BCUT2D eigenvalue weighted by Crippen LogP contribution is 2.29. The molecule has 0 saturated heterocycles. The van der Waals surface area contributed by atoms with Crippen LogP contribution >= 0.6 is 0 Å². The van der Waals surface area contributed by atoms with Crippen molar-refractivity contribution in [2.45, 2.75) is 91.0 Å². The maximum Gasteiger partial charge on any atom is 0.573 e. The van der Waals surface area contributed by atoms with Crippen LogP contribution in [0.4, 0.5) is 13.2 Å². The topological polar surface area (TPSA) is 134 Å². The largest absolute Gasteiger partial charge is 0.573 e. The summed E-state index contributed by atoms with van der Waals surface area (Å²) in [6, 6.07) is 11.7. The van der Waals surface area contributed by atoms with Gasteiger partial charge in [-0.3, -0.25) is 14.4 Å². The number of benzene rings is 2. The van der Waals surface area contributed by atoms with E-state index in [1.807, 2.05) is 83.5 Å². The first-order valence-electron chi connectivity index (χ1n) is 15.8. The van der Waals surface area contributed by atoms with Gasteiger partial charge in [0.05, 0.1) is 17.8 Å². The van der Waals surface area contributed by atoms with Gasteiger partial charge in [0.1, 0.15) is 11.8 Å². The van der Waals surface area contributed by atoms with E-state index in [1.54, 1.807) is 14.1 Å². The summed E-state index contributed by atoms with van der Waals surface area (Å²) in [4.78, 5) is 42.3. The highest BCUT2D eigenvalue weighted by molar-refractivity contribution is 7.89. The molecular formula is C35H49F3N4O6S. The van der Waals surface area contributed by atoms with Crippen LogP contribution in [0.15, 0.2) is 66.2 Å². The Kier molecular flexibility index (Phi) is 13.6. The van der Waals surface area contributed by atoms with Crippen molar-refractivity contribution < 1.29 is 40.7 Å². The van der Waals surface area contributed by atoms with Crippen LogP contribution in [-0.2, 0) is 35.6 Å². The average Bonchev–Trinajstić information content (AvgIpc) is 2.96. The fourth-order valence-electron chi connectivity index (χ4n) is 5.47. The van der Waals surface area contributed by atoms with Gasteiger partial charge in [0.25, 0.3) is 5.91 Å². The second-order valence-corrected chi connectivity index (χ2v) is 15.8. The fourth-order valence-corrected chi connectivity index (χ4v) is 6.61. The molecule has 0 radical (unpaired) electrons. The van der Waals surface area contributed by atoms with Gasteiger partial charge < -0.3 is 20.3 Å². The number of ether oxygens (including phenoxy) is 1. The lowest BCUT2D eigenvalue weighted by molar-refractivity contribution is -0.274. The standard InChI is InChI=1S/C35H49F3N4O6S/c1-22(2)27(19-23(3)30(43)41-49(46,47)21-24-15-14-18-26(20-24)48-35(36,37)38)42(10)32(45)29(33(4,5)6)40-31(44)28(39-9)34(7,8)25-16-12-11-13-17-25/h11-20,22,27-29,39H,21H2,1-10H3,(H,40,44)(H,41,43)/b23-19+/t27-,28-,29-/m1/s1. The number of likely N-dealkylation sites (N-methyl/N-ethyl adjacent to an activating group) is 2. The maximum absolute atomic E-state index is 14.1. The number of rotatable bonds is 14. The van der Waals surface area contributed by atoms with E-state index in [4.69, 9.17) is 0 Å². The van der Waals surface area contributed by atoms with Gasteiger partial charge in [0.2, 0.25) is 21.8 Å². The van der Waals surface area contributed by atoms with Crippen molar-refractivity contribution in [3.8, 4) is 5.75 Å². The molecule has 272 valence electrons. The minimum atomic E-state index is -4.96. The van der Waals surface area contributed by atoms with Gasteiger partial charge in [-0.2, -0.15) is 0 Å². The quantitative estimate of drug-likeness (QED) is 0.234. The summed E-state index contributed by atoms with van der Waals surface area (Å²) in [5, 5.41) is 6.06. The zero-order valence-corrected chi connectivity index (χ0v) is 30.5. The number of hydrogen-bond donors (Lipinski definition) is 3. The lowest BCUT2D eigenvalue weighted by Crippen LogP contribution is -2.61. The number of nitrogens with one attached hydrogen (secondary N) is 3. The number of sulfonamides is 1. The number of carbonyl (C=O) groups is 3. The van der Waals surface area contributed by atoms with Crippen LogP contribution in [0.3, 0.4) is 0 Å². The van der Waals surface area contributed by atoms with Crippen molar-refractivity contribution in [2.24, 2.45) is 11.3 Å². The van der Waals surface area contributed by atoms with Gasteiger partial charge in [-0.1, -0.05) is 97.0 Å².